The van der Waals surface area contributed by atoms with Gasteiger partial charge in [-0.25, -0.2) is 16.8 Å². The summed E-state index contributed by atoms with van der Waals surface area (Å²) < 4.78 is 52.7. The Balaban J connectivity index is 1.84. The Kier molecular flexibility index (Phi) is 4.90. The summed E-state index contributed by atoms with van der Waals surface area (Å²) in [6, 6.07) is 6.24. The molecule has 2 heterocycles. The first-order valence-electron chi connectivity index (χ1n) is 8.41. The van der Waals surface area contributed by atoms with E-state index in [4.69, 9.17) is 0 Å². The Bertz CT molecular complexity index is 788. The number of nitrogens with zero attached hydrogens (tertiary/aromatic N) is 2. The third-order valence-electron chi connectivity index (χ3n) is 4.73. The maximum absolute atomic E-state index is 12.7. The summed E-state index contributed by atoms with van der Waals surface area (Å²) in [5.41, 5.74) is 0.542. The van der Waals surface area contributed by atoms with Gasteiger partial charge in [-0.3, -0.25) is 4.31 Å². The van der Waals surface area contributed by atoms with Gasteiger partial charge in [-0.15, -0.1) is 0 Å². The molecule has 0 saturated carbocycles. The van der Waals surface area contributed by atoms with E-state index >= 15 is 0 Å². The van der Waals surface area contributed by atoms with Gasteiger partial charge in [0.05, 0.1) is 16.3 Å². The Labute approximate surface area is 144 Å². The second kappa shape index (κ2) is 6.65. The summed E-state index contributed by atoms with van der Waals surface area (Å²) in [5.74, 6) is 0.518. The molecule has 2 fully saturated rings. The van der Waals surface area contributed by atoms with Crippen molar-refractivity contribution in [3.8, 4) is 0 Å². The van der Waals surface area contributed by atoms with Crippen molar-refractivity contribution in [2.24, 2.45) is 5.92 Å². The quantitative estimate of drug-likeness (QED) is 0.814. The minimum absolute atomic E-state index is 0.152. The van der Waals surface area contributed by atoms with Gasteiger partial charge in [0, 0.05) is 19.6 Å². The van der Waals surface area contributed by atoms with Gasteiger partial charge in [0.1, 0.15) is 0 Å². The summed E-state index contributed by atoms with van der Waals surface area (Å²) >= 11 is 0. The third-order valence-corrected chi connectivity index (χ3v) is 8.48. The van der Waals surface area contributed by atoms with E-state index in [9.17, 15) is 16.8 Å². The fourth-order valence-corrected chi connectivity index (χ4v) is 6.61. The van der Waals surface area contributed by atoms with Gasteiger partial charge in [0.15, 0.2) is 0 Å². The molecule has 1 aromatic carbocycles. The highest BCUT2D eigenvalue weighted by molar-refractivity contribution is 7.92. The SMILES string of the molecule is C[C@H]1CCCN(S(=O)(=O)c2ccc(N3CCCCS3(=O)=O)cc2)C1. The number of hydrogen-bond acceptors (Lipinski definition) is 4. The fraction of sp³-hybridized carbons (Fsp3) is 0.625. The third kappa shape index (κ3) is 3.45. The first-order valence-corrected chi connectivity index (χ1v) is 11.5. The lowest BCUT2D eigenvalue weighted by atomic mass is 10.0. The van der Waals surface area contributed by atoms with Crippen molar-refractivity contribution < 1.29 is 16.8 Å². The summed E-state index contributed by atoms with van der Waals surface area (Å²) in [6.45, 7) is 3.61. The average Bonchev–Trinajstić information content (AvgIpc) is 2.54. The smallest absolute Gasteiger partial charge is 0.243 e. The van der Waals surface area contributed by atoms with Gasteiger partial charge >= 0.3 is 0 Å². The van der Waals surface area contributed by atoms with Crippen LogP contribution in [0, 0.1) is 5.92 Å². The van der Waals surface area contributed by atoms with E-state index < -0.39 is 20.0 Å². The number of anilines is 1. The minimum atomic E-state index is -3.51. The second-order valence-electron chi connectivity index (χ2n) is 6.70. The van der Waals surface area contributed by atoms with Gasteiger partial charge in [-0.05, 0) is 55.9 Å². The molecule has 0 amide bonds. The highest BCUT2D eigenvalue weighted by Crippen LogP contribution is 2.27. The summed E-state index contributed by atoms with van der Waals surface area (Å²) in [7, 11) is -6.79. The lowest BCUT2D eigenvalue weighted by Crippen LogP contribution is -2.39. The molecule has 134 valence electrons. The van der Waals surface area contributed by atoms with Crippen molar-refractivity contribution in [2.75, 3.05) is 29.7 Å². The van der Waals surface area contributed by atoms with Crippen LogP contribution >= 0.6 is 0 Å². The number of hydrogen-bond donors (Lipinski definition) is 0. The molecular formula is C16H24N2O4S2. The maximum Gasteiger partial charge on any atom is 0.243 e. The molecule has 0 spiro atoms. The molecule has 24 heavy (non-hydrogen) atoms. The molecule has 2 aliphatic rings. The number of sulfonamides is 2. The van der Waals surface area contributed by atoms with Crippen molar-refractivity contribution in [1.82, 2.24) is 4.31 Å². The van der Waals surface area contributed by atoms with Crippen molar-refractivity contribution in [3.05, 3.63) is 24.3 Å². The molecule has 0 bridgehead atoms. The lowest BCUT2D eigenvalue weighted by Gasteiger charge is -2.30. The van der Waals surface area contributed by atoms with Crippen LogP contribution in [0.4, 0.5) is 5.69 Å². The molecule has 0 aliphatic carbocycles. The van der Waals surface area contributed by atoms with Crippen LogP contribution in [0.15, 0.2) is 29.2 Å². The van der Waals surface area contributed by atoms with Crippen molar-refractivity contribution in [3.63, 3.8) is 0 Å². The number of benzene rings is 1. The number of rotatable bonds is 3. The van der Waals surface area contributed by atoms with Gasteiger partial charge < -0.3 is 0 Å². The normalized spacial score (nSPS) is 25.5. The highest BCUT2D eigenvalue weighted by Gasteiger charge is 2.30. The molecular weight excluding hydrogens is 348 g/mol. The summed E-state index contributed by atoms with van der Waals surface area (Å²) in [5, 5.41) is 0. The average molecular weight is 373 g/mol. The zero-order valence-electron chi connectivity index (χ0n) is 13.9. The zero-order valence-corrected chi connectivity index (χ0v) is 15.5. The molecule has 0 N–H and O–H groups in total. The van der Waals surface area contributed by atoms with Crippen LogP contribution in [0.5, 0.6) is 0 Å². The molecule has 2 saturated heterocycles. The van der Waals surface area contributed by atoms with Gasteiger partial charge in [0.2, 0.25) is 20.0 Å². The van der Waals surface area contributed by atoms with Crippen LogP contribution in [0.2, 0.25) is 0 Å². The largest absolute Gasteiger partial charge is 0.270 e. The van der Waals surface area contributed by atoms with Crippen molar-refractivity contribution >= 4 is 25.7 Å². The molecule has 6 nitrogen and oxygen atoms in total. The minimum Gasteiger partial charge on any atom is -0.270 e. The van der Waals surface area contributed by atoms with E-state index in [-0.39, 0.29) is 10.6 Å². The van der Waals surface area contributed by atoms with Gasteiger partial charge in [-0.1, -0.05) is 6.92 Å². The zero-order chi connectivity index (χ0) is 17.4. The van der Waals surface area contributed by atoms with E-state index in [2.05, 4.69) is 6.92 Å². The van der Waals surface area contributed by atoms with E-state index in [1.165, 1.54) is 20.7 Å². The van der Waals surface area contributed by atoms with Crippen LogP contribution in [-0.4, -0.2) is 46.5 Å². The van der Waals surface area contributed by atoms with Crippen LogP contribution in [0.1, 0.15) is 32.6 Å². The Morgan fingerprint density at radius 3 is 2.38 bits per heavy atom. The van der Waals surface area contributed by atoms with Crippen LogP contribution < -0.4 is 4.31 Å². The standard InChI is InChI=1S/C16H24N2O4S2/c1-14-5-4-10-17(13-14)24(21,22)16-8-6-15(7-9-16)18-11-2-3-12-23(18,19)20/h6-9,14H,2-5,10-13H2,1H3/t14-/m0/s1. The maximum atomic E-state index is 12.7. The van der Waals surface area contributed by atoms with Crippen LogP contribution in [0.25, 0.3) is 0 Å². The van der Waals surface area contributed by atoms with E-state index in [1.54, 1.807) is 12.1 Å². The van der Waals surface area contributed by atoms with E-state index in [0.717, 1.165) is 19.3 Å². The van der Waals surface area contributed by atoms with Gasteiger partial charge in [0.25, 0.3) is 0 Å². The molecule has 0 radical (unpaired) electrons. The molecule has 3 rings (SSSR count). The lowest BCUT2D eigenvalue weighted by molar-refractivity contribution is 0.281. The molecule has 0 aromatic heterocycles. The molecule has 1 aromatic rings. The van der Waals surface area contributed by atoms with Gasteiger partial charge in [-0.2, -0.15) is 4.31 Å². The Hall–Kier alpha value is -1.12. The van der Waals surface area contributed by atoms with Crippen molar-refractivity contribution in [2.45, 2.75) is 37.5 Å². The molecule has 2 aliphatic heterocycles. The predicted molar refractivity (Wildman–Crippen MR) is 94.0 cm³/mol. The Morgan fingerprint density at radius 1 is 1.04 bits per heavy atom. The first kappa shape index (κ1) is 17.7. The molecule has 8 heteroatoms. The van der Waals surface area contributed by atoms with E-state index in [0.29, 0.717) is 37.7 Å². The summed E-state index contributed by atoms with van der Waals surface area (Å²) in [6.07, 6.45) is 3.44. The molecule has 0 unspecified atom stereocenters. The predicted octanol–water partition coefficient (Wildman–Crippen LogP) is 2.04. The van der Waals surface area contributed by atoms with Crippen LogP contribution in [0.3, 0.4) is 0 Å². The van der Waals surface area contributed by atoms with Crippen LogP contribution in [-0.2, 0) is 20.0 Å². The summed E-state index contributed by atoms with van der Waals surface area (Å²) in [4.78, 5) is 0.231. The van der Waals surface area contributed by atoms with E-state index in [1.807, 2.05) is 0 Å². The van der Waals surface area contributed by atoms with Crippen molar-refractivity contribution in [1.29, 1.82) is 0 Å². The molecule has 1 atom stereocenters. The first-order chi connectivity index (χ1) is 11.3. The topological polar surface area (TPSA) is 74.8 Å². The second-order valence-corrected chi connectivity index (χ2v) is 10.7. The monoisotopic (exact) mass is 372 g/mol. The highest BCUT2D eigenvalue weighted by atomic mass is 32.2. The Morgan fingerprint density at radius 2 is 1.75 bits per heavy atom. The fourth-order valence-electron chi connectivity index (χ4n) is 3.38. The number of piperidine rings is 1.